The second kappa shape index (κ2) is 5.89. The molecule has 4 nitrogen and oxygen atoms in total. The van der Waals surface area contributed by atoms with E-state index in [1.165, 1.54) is 0 Å². The molecule has 0 aromatic rings. The number of alkyl halides is 1. The molecule has 3 N–H and O–H groups in total. The zero-order valence-electron chi connectivity index (χ0n) is 10.1. The zero-order chi connectivity index (χ0) is 13.1. The van der Waals surface area contributed by atoms with Crippen LogP contribution in [0, 0.1) is 11.8 Å². The molecule has 1 fully saturated rings. The summed E-state index contributed by atoms with van der Waals surface area (Å²) in [5.74, 6) is 0.455. The summed E-state index contributed by atoms with van der Waals surface area (Å²) in [6, 6.07) is 0.0281. The summed E-state index contributed by atoms with van der Waals surface area (Å²) < 4.78 is 0. The molecule has 100 valence electrons. The van der Waals surface area contributed by atoms with E-state index in [1.54, 1.807) is 0 Å². The third-order valence-corrected chi connectivity index (χ3v) is 4.22. The molecule has 18 heavy (non-hydrogen) atoms. The lowest BCUT2D eigenvalue weighted by molar-refractivity contribution is -0.123. The smallest absolute Gasteiger partial charge is 0.222 e. The molecule has 2 aliphatic rings. The monoisotopic (exact) mass is 287 g/mol. The second-order valence-electron chi connectivity index (χ2n) is 4.80. The van der Waals surface area contributed by atoms with Crippen LogP contribution in [0.25, 0.3) is 0 Å². The van der Waals surface area contributed by atoms with E-state index in [4.69, 9.17) is 29.6 Å². The Balaban J connectivity index is 2.17. The van der Waals surface area contributed by atoms with Gasteiger partial charge in [-0.3, -0.25) is 4.79 Å². The van der Waals surface area contributed by atoms with Crippen LogP contribution in [0.5, 0.6) is 0 Å². The van der Waals surface area contributed by atoms with E-state index < -0.39 is 0 Å². The Bertz CT molecular complexity index is 374. The van der Waals surface area contributed by atoms with Crippen LogP contribution in [0.3, 0.4) is 0 Å². The fraction of sp³-hybridized carbons (Fsp3) is 0.667. The molecule has 1 saturated carbocycles. The summed E-state index contributed by atoms with van der Waals surface area (Å²) in [5.41, 5.74) is 5.48. The van der Waals surface area contributed by atoms with Gasteiger partial charge in [-0.05, 0) is 31.0 Å². The summed E-state index contributed by atoms with van der Waals surface area (Å²) >= 11 is 11.1. The molecule has 1 amide bonds. The van der Waals surface area contributed by atoms with Crippen molar-refractivity contribution in [3.05, 3.63) is 12.3 Å². The number of hydrogen-bond acceptors (Lipinski definition) is 2. The molecule has 0 spiro atoms. The minimum Gasteiger partial charge on any atom is -0.369 e. The first-order valence-corrected chi connectivity index (χ1v) is 7.18. The number of nitrogens with zero attached hydrogens (tertiary/aromatic N) is 1. The summed E-state index contributed by atoms with van der Waals surface area (Å²) in [6.07, 6.45) is 7.04. The molecule has 2 rings (SSSR count). The van der Waals surface area contributed by atoms with Crippen molar-refractivity contribution in [1.29, 1.82) is 0 Å². The zero-order valence-corrected chi connectivity index (χ0v) is 11.7. The van der Waals surface area contributed by atoms with Gasteiger partial charge in [0.2, 0.25) is 5.91 Å². The van der Waals surface area contributed by atoms with E-state index in [0.29, 0.717) is 23.5 Å². The molecule has 0 bridgehead atoms. The number of fused-ring (bicyclic) bond motifs is 1. The molecular formula is C12H18ClN3OS. The highest BCUT2D eigenvalue weighted by Crippen LogP contribution is 2.31. The maximum absolute atomic E-state index is 11.5. The lowest BCUT2D eigenvalue weighted by Gasteiger charge is -2.35. The Morgan fingerprint density at radius 3 is 3.06 bits per heavy atom. The summed E-state index contributed by atoms with van der Waals surface area (Å²) in [4.78, 5) is 13.4. The average Bonchev–Trinajstić information content (AvgIpc) is 2.49. The van der Waals surface area contributed by atoms with E-state index in [-0.39, 0.29) is 17.9 Å². The van der Waals surface area contributed by atoms with Crippen molar-refractivity contribution < 1.29 is 4.79 Å². The van der Waals surface area contributed by atoms with E-state index in [2.05, 4.69) is 11.4 Å². The molecule has 0 radical (unpaired) electrons. The number of thiocarbonyl (C=S) groups is 1. The predicted octanol–water partition coefficient (Wildman–Crippen LogP) is 1.20. The number of halogens is 1. The molecule has 6 heteroatoms. The third-order valence-electron chi connectivity index (χ3n) is 3.70. The minimum atomic E-state index is -0.237. The van der Waals surface area contributed by atoms with E-state index in [1.807, 2.05) is 11.1 Å². The quantitative estimate of drug-likeness (QED) is 0.605. The van der Waals surface area contributed by atoms with Crippen LogP contribution in [0.15, 0.2) is 12.3 Å². The van der Waals surface area contributed by atoms with Gasteiger partial charge in [0.1, 0.15) is 0 Å². The lowest BCUT2D eigenvalue weighted by Crippen LogP contribution is -2.52. The van der Waals surface area contributed by atoms with Crippen molar-refractivity contribution >= 4 is 34.8 Å². The van der Waals surface area contributed by atoms with Gasteiger partial charge in [-0.1, -0.05) is 12.5 Å². The molecule has 1 aliphatic heterocycles. The molecule has 3 atom stereocenters. The average molecular weight is 288 g/mol. The number of carbonyl (C=O) groups excluding carboxylic acids is 1. The van der Waals surface area contributed by atoms with Gasteiger partial charge in [0.25, 0.3) is 0 Å². The number of amides is 1. The van der Waals surface area contributed by atoms with Gasteiger partial charge in [0.05, 0.1) is 5.92 Å². The van der Waals surface area contributed by atoms with Crippen LogP contribution in [-0.2, 0) is 4.79 Å². The van der Waals surface area contributed by atoms with Crippen LogP contribution in [0.2, 0.25) is 0 Å². The van der Waals surface area contributed by atoms with Gasteiger partial charge in [-0.2, -0.15) is 0 Å². The Hall–Kier alpha value is -0.810. The Labute approximate surface area is 118 Å². The fourth-order valence-electron chi connectivity index (χ4n) is 2.75. The van der Waals surface area contributed by atoms with Gasteiger partial charge < -0.3 is 16.0 Å². The number of nitrogens with one attached hydrogen (secondary N) is 1. The number of rotatable bonds is 3. The molecule has 2 unspecified atom stereocenters. The van der Waals surface area contributed by atoms with Crippen molar-refractivity contribution in [2.45, 2.75) is 25.3 Å². The van der Waals surface area contributed by atoms with Gasteiger partial charge in [-0.25, -0.2) is 0 Å². The van der Waals surface area contributed by atoms with Crippen molar-refractivity contribution in [3.63, 3.8) is 0 Å². The van der Waals surface area contributed by atoms with Crippen molar-refractivity contribution in [3.8, 4) is 0 Å². The summed E-state index contributed by atoms with van der Waals surface area (Å²) in [6.45, 7) is 0.671. The van der Waals surface area contributed by atoms with E-state index in [9.17, 15) is 4.79 Å². The summed E-state index contributed by atoms with van der Waals surface area (Å²) in [5, 5.41) is 3.91. The predicted molar refractivity (Wildman–Crippen MR) is 76.1 cm³/mol. The first kappa shape index (κ1) is 13.6. The topological polar surface area (TPSA) is 58.4 Å². The van der Waals surface area contributed by atoms with Crippen LogP contribution in [-0.4, -0.2) is 34.4 Å². The van der Waals surface area contributed by atoms with Crippen molar-refractivity contribution in [2.75, 3.05) is 12.4 Å². The molecule has 0 aromatic heterocycles. The molecule has 0 saturated heterocycles. The second-order valence-corrected chi connectivity index (χ2v) is 5.57. The normalized spacial score (nSPS) is 31.5. The summed E-state index contributed by atoms with van der Waals surface area (Å²) in [7, 11) is 0. The molecule has 1 aliphatic carbocycles. The highest BCUT2D eigenvalue weighted by molar-refractivity contribution is 7.80. The van der Waals surface area contributed by atoms with Gasteiger partial charge in [0, 0.05) is 24.7 Å². The number of primary amides is 1. The maximum Gasteiger partial charge on any atom is 0.222 e. The molecule has 1 heterocycles. The van der Waals surface area contributed by atoms with Crippen LogP contribution >= 0.6 is 23.8 Å². The highest BCUT2D eigenvalue weighted by atomic mass is 35.5. The van der Waals surface area contributed by atoms with Crippen LogP contribution in [0.4, 0.5) is 0 Å². The standard InChI is InChI=1S/C12H18ClN3OS/c13-5-7-16-6-4-8-2-1-3-9(11(14)17)10(8)15-12(16)18/h4,6,8-10H,1-3,5,7H2,(H2,14,17)(H,15,18)/t8?,9-,10?/m1/s1. The van der Waals surface area contributed by atoms with E-state index >= 15 is 0 Å². The van der Waals surface area contributed by atoms with Crippen molar-refractivity contribution in [2.24, 2.45) is 17.6 Å². The Morgan fingerprint density at radius 2 is 2.39 bits per heavy atom. The first-order chi connectivity index (χ1) is 8.63. The lowest BCUT2D eigenvalue weighted by atomic mass is 9.76. The van der Waals surface area contributed by atoms with Crippen molar-refractivity contribution in [1.82, 2.24) is 10.2 Å². The van der Waals surface area contributed by atoms with Gasteiger partial charge in [0.15, 0.2) is 5.11 Å². The number of nitrogens with two attached hydrogens (primary N) is 1. The molecular weight excluding hydrogens is 270 g/mol. The Morgan fingerprint density at radius 1 is 1.61 bits per heavy atom. The van der Waals surface area contributed by atoms with Crippen LogP contribution < -0.4 is 11.1 Å². The minimum absolute atomic E-state index is 0.0281. The Kier molecular flexibility index (Phi) is 4.45. The van der Waals surface area contributed by atoms with E-state index in [0.717, 1.165) is 19.3 Å². The van der Waals surface area contributed by atoms with Crippen LogP contribution in [0.1, 0.15) is 19.3 Å². The number of carbonyl (C=O) groups is 1. The fourth-order valence-corrected chi connectivity index (χ4v) is 3.22. The third kappa shape index (κ3) is 2.78. The maximum atomic E-state index is 11.5. The molecule has 0 aromatic carbocycles. The number of hydrogen-bond donors (Lipinski definition) is 2. The highest BCUT2D eigenvalue weighted by Gasteiger charge is 2.37. The van der Waals surface area contributed by atoms with Gasteiger partial charge >= 0.3 is 0 Å². The largest absolute Gasteiger partial charge is 0.369 e. The first-order valence-electron chi connectivity index (χ1n) is 6.24. The SMILES string of the molecule is NC(=O)[C@@H]1CCCC2C=CN(CCCl)C(=S)NC21. The van der Waals surface area contributed by atoms with Gasteiger partial charge in [-0.15, -0.1) is 11.6 Å².